The smallest absolute Gasteiger partial charge is 0.353 e. The Morgan fingerprint density at radius 2 is 1.90 bits per heavy atom. The number of sulfone groups is 1. The highest BCUT2D eigenvalue weighted by molar-refractivity contribution is 7.90. The van der Waals surface area contributed by atoms with Crippen LogP contribution in [-0.4, -0.2) is 40.8 Å². The number of hydrogen-bond donors (Lipinski definition) is 2. The van der Waals surface area contributed by atoms with E-state index in [0.29, 0.717) is 21.3 Å². The topological polar surface area (TPSA) is 136 Å². The number of halogens is 2. The second-order valence-electron chi connectivity index (χ2n) is 6.17. The van der Waals surface area contributed by atoms with E-state index in [2.05, 4.69) is 14.3 Å². The summed E-state index contributed by atoms with van der Waals surface area (Å²) in [6.07, 6.45) is 1.10. The van der Waals surface area contributed by atoms with Crippen LogP contribution in [0.2, 0.25) is 5.02 Å². The molecule has 3 aromatic rings. The first-order valence-electron chi connectivity index (χ1n) is 8.44. The first-order valence-corrected chi connectivity index (χ1v) is 11.9. The second kappa shape index (κ2) is 9.15. The normalized spacial score (nSPS) is 13.1. The van der Waals surface area contributed by atoms with E-state index in [0.717, 1.165) is 17.8 Å². The molecule has 0 aliphatic heterocycles. The zero-order chi connectivity index (χ0) is 22.8. The third kappa shape index (κ3) is 5.28. The molecule has 0 bridgehead atoms. The molecule has 8 nitrogen and oxygen atoms in total. The number of carboxylic acid groups (broad SMARTS) is 1. The number of carbonyl (C=O) groups is 1. The van der Waals surface area contributed by atoms with Gasteiger partial charge in [0, 0.05) is 11.8 Å². The van der Waals surface area contributed by atoms with E-state index in [4.69, 9.17) is 28.9 Å². The van der Waals surface area contributed by atoms with Crippen molar-refractivity contribution in [3.63, 3.8) is 0 Å². The summed E-state index contributed by atoms with van der Waals surface area (Å²) in [5.41, 5.74) is 5.69. The van der Waals surface area contributed by atoms with Crippen LogP contribution in [0.4, 0.5) is 5.69 Å². The van der Waals surface area contributed by atoms with Gasteiger partial charge in [-0.1, -0.05) is 47.5 Å². The standard InChI is InChI=1S/C19H14Cl2N4O4S2/c1-31(28,29)11-6-4-5-10(9-11)18-24-17(25-30-18)16(14(21)15(22)19(26)27)23-13-8-3-2-7-12(13)20/h2-9H,22H2,1H3,(H,26,27). The van der Waals surface area contributed by atoms with Crippen molar-refractivity contribution >= 4 is 61.9 Å². The van der Waals surface area contributed by atoms with Gasteiger partial charge in [-0.3, -0.25) is 0 Å². The zero-order valence-electron chi connectivity index (χ0n) is 15.8. The Hall–Kier alpha value is -2.79. The lowest BCUT2D eigenvalue weighted by atomic mass is 10.2. The van der Waals surface area contributed by atoms with Crippen LogP contribution in [0.5, 0.6) is 0 Å². The molecule has 1 heterocycles. The number of rotatable bonds is 6. The van der Waals surface area contributed by atoms with Crippen molar-refractivity contribution in [1.29, 1.82) is 0 Å². The van der Waals surface area contributed by atoms with Crippen LogP contribution in [0.25, 0.3) is 10.6 Å². The predicted octanol–water partition coefficient (Wildman–Crippen LogP) is 3.88. The molecule has 12 heteroatoms. The lowest BCUT2D eigenvalue weighted by molar-refractivity contribution is -0.132. The number of aliphatic imine (C=N–C) groups is 1. The van der Waals surface area contributed by atoms with Crippen LogP contribution in [0.15, 0.2) is 69.1 Å². The Morgan fingerprint density at radius 3 is 2.55 bits per heavy atom. The van der Waals surface area contributed by atoms with Crippen molar-refractivity contribution < 1.29 is 18.3 Å². The highest BCUT2D eigenvalue weighted by Crippen LogP contribution is 2.29. The minimum Gasteiger partial charge on any atom is -0.477 e. The molecule has 160 valence electrons. The number of nitrogens with two attached hydrogens (primary N) is 1. The van der Waals surface area contributed by atoms with Gasteiger partial charge in [-0.15, -0.1) is 0 Å². The Morgan fingerprint density at radius 1 is 1.19 bits per heavy atom. The molecular weight excluding hydrogens is 483 g/mol. The Balaban J connectivity index is 2.15. The first-order chi connectivity index (χ1) is 14.6. The van der Waals surface area contributed by atoms with Gasteiger partial charge >= 0.3 is 5.97 Å². The van der Waals surface area contributed by atoms with Crippen LogP contribution in [-0.2, 0) is 14.6 Å². The van der Waals surface area contributed by atoms with Crippen molar-refractivity contribution in [2.75, 3.05) is 6.26 Å². The third-order valence-corrected chi connectivity index (χ3v) is 6.48. The van der Waals surface area contributed by atoms with Crippen LogP contribution in [0.1, 0.15) is 5.82 Å². The molecule has 0 atom stereocenters. The molecule has 0 amide bonds. The van der Waals surface area contributed by atoms with E-state index < -0.39 is 21.5 Å². The molecule has 0 fully saturated rings. The number of nitrogens with zero attached hydrogens (tertiary/aromatic N) is 3. The maximum absolute atomic E-state index is 11.8. The van der Waals surface area contributed by atoms with Gasteiger partial charge in [0.05, 0.1) is 15.6 Å². The molecule has 0 saturated heterocycles. The van der Waals surface area contributed by atoms with Gasteiger partial charge in [-0.25, -0.2) is 23.2 Å². The molecule has 3 rings (SSSR count). The molecule has 2 aromatic carbocycles. The van der Waals surface area contributed by atoms with Gasteiger partial charge in [-0.05, 0) is 35.8 Å². The number of allylic oxidation sites excluding steroid dienone is 1. The Bertz CT molecular complexity index is 1330. The van der Waals surface area contributed by atoms with Gasteiger partial charge in [0.25, 0.3) is 0 Å². The fourth-order valence-corrected chi connectivity index (χ4v) is 4.09. The van der Waals surface area contributed by atoms with Crippen molar-refractivity contribution in [2.24, 2.45) is 10.7 Å². The van der Waals surface area contributed by atoms with Crippen molar-refractivity contribution in [3.8, 4) is 10.6 Å². The average Bonchev–Trinajstić information content (AvgIpc) is 3.21. The summed E-state index contributed by atoms with van der Waals surface area (Å²) >= 11 is 13.3. The molecule has 1 aromatic heterocycles. The van der Waals surface area contributed by atoms with Crippen LogP contribution < -0.4 is 5.73 Å². The third-order valence-electron chi connectivity index (χ3n) is 3.91. The minimum atomic E-state index is -3.41. The van der Waals surface area contributed by atoms with Gasteiger partial charge in [0.15, 0.2) is 15.7 Å². The summed E-state index contributed by atoms with van der Waals surface area (Å²) in [6.45, 7) is 0. The van der Waals surface area contributed by atoms with Gasteiger partial charge in [0.2, 0.25) is 0 Å². The summed E-state index contributed by atoms with van der Waals surface area (Å²) in [5, 5.41) is 9.54. The Labute approximate surface area is 191 Å². The molecule has 0 aliphatic rings. The monoisotopic (exact) mass is 496 g/mol. The fourth-order valence-electron chi connectivity index (χ4n) is 2.38. The average molecular weight is 497 g/mol. The molecule has 3 N–H and O–H groups in total. The SMILES string of the molecule is CS(=O)(=O)c1cccc(-c2nc(C(=Nc3ccccc3Cl)C(Cl)=C(N)C(=O)O)ns2)c1. The maximum Gasteiger partial charge on any atom is 0.353 e. The lowest BCUT2D eigenvalue weighted by Gasteiger charge is -2.05. The fraction of sp³-hybridized carbons (Fsp3) is 0.0526. The largest absolute Gasteiger partial charge is 0.477 e. The van der Waals surface area contributed by atoms with Gasteiger partial charge < -0.3 is 10.8 Å². The van der Waals surface area contributed by atoms with Gasteiger partial charge in [-0.2, -0.15) is 4.37 Å². The predicted molar refractivity (Wildman–Crippen MR) is 121 cm³/mol. The molecule has 0 spiro atoms. The molecule has 0 radical (unpaired) electrons. The van der Waals surface area contributed by atoms with Crippen molar-refractivity contribution in [3.05, 3.63) is 70.1 Å². The molecule has 0 saturated carbocycles. The van der Waals surface area contributed by atoms with Crippen LogP contribution in [0.3, 0.4) is 0 Å². The molecule has 0 unspecified atom stereocenters. The molecular formula is C19H14Cl2N4O4S2. The lowest BCUT2D eigenvalue weighted by Crippen LogP contribution is -2.17. The summed E-state index contributed by atoms with van der Waals surface area (Å²) in [5.74, 6) is -1.42. The summed E-state index contributed by atoms with van der Waals surface area (Å²) in [6, 6.07) is 12.8. The van der Waals surface area contributed by atoms with E-state index in [1.807, 2.05) is 0 Å². The first kappa shape index (κ1) is 22.9. The van der Waals surface area contributed by atoms with E-state index in [1.165, 1.54) is 12.1 Å². The highest BCUT2D eigenvalue weighted by Gasteiger charge is 2.22. The molecule has 0 aliphatic carbocycles. The molecule has 31 heavy (non-hydrogen) atoms. The van der Waals surface area contributed by atoms with E-state index >= 15 is 0 Å². The van der Waals surface area contributed by atoms with Crippen molar-refractivity contribution in [2.45, 2.75) is 4.90 Å². The van der Waals surface area contributed by atoms with E-state index in [-0.39, 0.29) is 21.5 Å². The second-order valence-corrected chi connectivity index (χ2v) is 9.72. The Kier molecular flexibility index (Phi) is 6.75. The van der Waals surface area contributed by atoms with Crippen LogP contribution in [0, 0.1) is 0 Å². The minimum absolute atomic E-state index is 0.0129. The summed E-state index contributed by atoms with van der Waals surface area (Å²) in [7, 11) is -3.41. The number of aliphatic carboxylic acids is 1. The maximum atomic E-state index is 11.8. The summed E-state index contributed by atoms with van der Waals surface area (Å²) < 4.78 is 27.9. The highest BCUT2D eigenvalue weighted by atomic mass is 35.5. The van der Waals surface area contributed by atoms with E-state index in [9.17, 15) is 18.3 Å². The van der Waals surface area contributed by atoms with Crippen molar-refractivity contribution in [1.82, 2.24) is 9.36 Å². The van der Waals surface area contributed by atoms with Gasteiger partial charge in [0.1, 0.15) is 21.4 Å². The van der Waals surface area contributed by atoms with E-state index in [1.54, 1.807) is 36.4 Å². The number of benzene rings is 2. The number of para-hydroxylation sites is 1. The number of aromatic nitrogens is 2. The van der Waals surface area contributed by atoms with Crippen LogP contribution >= 0.6 is 34.7 Å². The zero-order valence-corrected chi connectivity index (χ0v) is 18.9. The number of hydrogen-bond acceptors (Lipinski definition) is 8. The number of carboxylic acids is 1. The summed E-state index contributed by atoms with van der Waals surface area (Å²) in [4.78, 5) is 20.1. The quantitative estimate of drug-likeness (QED) is 0.390.